The molecule has 0 spiro atoms. The Bertz CT molecular complexity index is 804. The van der Waals surface area contributed by atoms with Crippen molar-refractivity contribution < 1.29 is 9.47 Å². The second-order valence-electron chi connectivity index (χ2n) is 8.06. The van der Waals surface area contributed by atoms with E-state index in [1.54, 1.807) is 25.6 Å². The standard InChI is InChI=1S/C22H32N4O2S/c1-24-9-5-6-18(15-24)26-12-10-25(11-13-26)14-17-16-29-22(23-17)19-7-4-8-20(27-2)21(19)28-3/h4,7-8,16,18H,5-6,9-15H2,1-3H3. The third-order valence-electron chi connectivity index (χ3n) is 6.09. The highest BCUT2D eigenvalue weighted by Gasteiger charge is 2.27. The van der Waals surface area contributed by atoms with Gasteiger partial charge in [0.2, 0.25) is 0 Å². The van der Waals surface area contributed by atoms with Crippen LogP contribution in [0.15, 0.2) is 23.6 Å². The van der Waals surface area contributed by atoms with Crippen molar-refractivity contribution >= 4 is 11.3 Å². The number of thiazole rings is 1. The summed E-state index contributed by atoms with van der Waals surface area (Å²) in [5.41, 5.74) is 2.13. The third-order valence-corrected chi connectivity index (χ3v) is 7.02. The van der Waals surface area contributed by atoms with E-state index in [2.05, 4.69) is 27.1 Å². The van der Waals surface area contributed by atoms with Gasteiger partial charge in [-0.05, 0) is 38.6 Å². The third kappa shape index (κ3) is 4.74. The molecule has 2 aliphatic rings. The normalized spacial score (nSPS) is 22.0. The lowest BCUT2D eigenvalue weighted by atomic mass is 10.0. The smallest absolute Gasteiger partial charge is 0.170 e. The number of aromatic nitrogens is 1. The summed E-state index contributed by atoms with van der Waals surface area (Å²) in [5, 5.41) is 3.16. The van der Waals surface area contributed by atoms with Crippen LogP contribution >= 0.6 is 11.3 Å². The van der Waals surface area contributed by atoms with E-state index in [1.165, 1.54) is 39.0 Å². The van der Waals surface area contributed by atoms with Crippen LogP contribution in [0, 0.1) is 0 Å². The van der Waals surface area contributed by atoms with Gasteiger partial charge in [-0.25, -0.2) is 4.98 Å². The number of hydrogen-bond acceptors (Lipinski definition) is 7. The summed E-state index contributed by atoms with van der Waals surface area (Å²) in [7, 11) is 5.60. The Kier molecular flexibility index (Phi) is 6.70. The SMILES string of the molecule is COc1cccc(-c2nc(CN3CCN(C4CCCN(C)C4)CC3)cs2)c1OC. The fraction of sp³-hybridized carbons (Fsp3) is 0.591. The maximum atomic E-state index is 5.58. The van der Waals surface area contributed by atoms with E-state index in [0.29, 0.717) is 0 Å². The van der Waals surface area contributed by atoms with Gasteiger partial charge in [-0.15, -0.1) is 11.3 Å². The van der Waals surface area contributed by atoms with Gasteiger partial charge in [-0.2, -0.15) is 0 Å². The van der Waals surface area contributed by atoms with Crippen LogP contribution in [0.4, 0.5) is 0 Å². The van der Waals surface area contributed by atoms with Gasteiger partial charge in [0, 0.05) is 50.7 Å². The first-order chi connectivity index (χ1) is 14.2. The van der Waals surface area contributed by atoms with E-state index in [4.69, 9.17) is 14.5 Å². The van der Waals surface area contributed by atoms with Crippen LogP contribution in [-0.2, 0) is 6.54 Å². The fourth-order valence-corrected chi connectivity index (χ4v) is 5.34. The number of piperazine rings is 1. The van der Waals surface area contributed by atoms with Crippen LogP contribution in [0.25, 0.3) is 10.6 Å². The number of rotatable bonds is 6. The van der Waals surface area contributed by atoms with E-state index in [9.17, 15) is 0 Å². The number of benzene rings is 1. The second-order valence-corrected chi connectivity index (χ2v) is 8.91. The maximum absolute atomic E-state index is 5.58. The quantitative estimate of drug-likeness (QED) is 0.721. The Morgan fingerprint density at radius 3 is 2.66 bits per heavy atom. The van der Waals surface area contributed by atoms with Gasteiger partial charge in [0.15, 0.2) is 11.5 Å². The average molecular weight is 417 g/mol. The van der Waals surface area contributed by atoms with Crippen molar-refractivity contribution in [3.8, 4) is 22.1 Å². The van der Waals surface area contributed by atoms with Gasteiger partial charge >= 0.3 is 0 Å². The maximum Gasteiger partial charge on any atom is 0.170 e. The van der Waals surface area contributed by atoms with E-state index in [0.717, 1.165) is 53.4 Å². The number of likely N-dealkylation sites (N-methyl/N-ethyl adjacent to an activating group) is 1. The van der Waals surface area contributed by atoms with Crippen molar-refractivity contribution in [1.82, 2.24) is 19.7 Å². The molecule has 2 aliphatic heterocycles. The molecule has 0 amide bonds. The minimum absolute atomic E-state index is 0.738. The first-order valence-electron chi connectivity index (χ1n) is 10.5. The van der Waals surface area contributed by atoms with Crippen LogP contribution in [0.2, 0.25) is 0 Å². The Balaban J connectivity index is 1.36. The highest BCUT2D eigenvalue weighted by atomic mass is 32.1. The average Bonchev–Trinajstić information content (AvgIpc) is 3.22. The van der Waals surface area contributed by atoms with Crippen molar-refractivity contribution in [2.45, 2.75) is 25.4 Å². The number of likely N-dealkylation sites (tertiary alicyclic amines) is 1. The van der Waals surface area contributed by atoms with Crippen LogP contribution in [0.5, 0.6) is 11.5 Å². The monoisotopic (exact) mass is 416 g/mol. The summed E-state index contributed by atoms with van der Waals surface area (Å²) in [6.07, 6.45) is 2.68. The number of methoxy groups -OCH3 is 2. The number of hydrogen-bond donors (Lipinski definition) is 0. The number of ether oxygens (including phenoxy) is 2. The zero-order chi connectivity index (χ0) is 20.2. The molecule has 1 aromatic carbocycles. The molecule has 0 saturated carbocycles. The van der Waals surface area contributed by atoms with Crippen molar-refractivity contribution in [2.24, 2.45) is 0 Å². The van der Waals surface area contributed by atoms with Gasteiger partial charge in [0.1, 0.15) is 5.01 Å². The molecule has 29 heavy (non-hydrogen) atoms. The van der Waals surface area contributed by atoms with Gasteiger partial charge in [0.05, 0.1) is 25.5 Å². The Hall–Kier alpha value is -1.67. The Morgan fingerprint density at radius 1 is 1.10 bits per heavy atom. The summed E-state index contributed by atoms with van der Waals surface area (Å²) < 4.78 is 11.0. The molecule has 2 aromatic rings. The van der Waals surface area contributed by atoms with Gasteiger partial charge in [-0.3, -0.25) is 9.80 Å². The van der Waals surface area contributed by atoms with Crippen molar-refractivity contribution in [3.05, 3.63) is 29.3 Å². The molecular weight excluding hydrogens is 384 g/mol. The lowest BCUT2D eigenvalue weighted by Gasteiger charge is -2.42. The molecule has 2 saturated heterocycles. The van der Waals surface area contributed by atoms with Crippen molar-refractivity contribution in [2.75, 3.05) is 60.5 Å². The minimum atomic E-state index is 0.738. The van der Waals surface area contributed by atoms with Crippen LogP contribution in [-0.4, -0.2) is 86.3 Å². The lowest BCUT2D eigenvalue weighted by molar-refractivity contribution is 0.0565. The largest absolute Gasteiger partial charge is 0.493 e. The number of piperidine rings is 1. The van der Waals surface area contributed by atoms with Crippen molar-refractivity contribution in [1.29, 1.82) is 0 Å². The molecule has 0 N–H and O–H groups in total. The summed E-state index contributed by atoms with van der Waals surface area (Å²) in [5.74, 6) is 1.49. The summed E-state index contributed by atoms with van der Waals surface area (Å²) in [6.45, 7) is 7.96. The van der Waals surface area contributed by atoms with E-state index < -0.39 is 0 Å². The molecule has 0 aliphatic carbocycles. The van der Waals surface area contributed by atoms with Gasteiger partial charge in [0.25, 0.3) is 0 Å². The van der Waals surface area contributed by atoms with Crippen molar-refractivity contribution in [3.63, 3.8) is 0 Å². The predicted molar refractivity (Wildman–Crippen MR) is 118 cm³/mol. The zero-order valence-corrected chi connectivity index (χ0v) is 18.6. The zero-order valence-electron chi connectivity index (χ0n) is 17.8. The number of para-hydroxylation sites is 1. The summed E-state index contributed by atoms with van der Waals surface area (Å²) in [4.78, 5) is 12.6. The summed E-state index contributed by atoms with van der Waals surface area (Å²) >= 11 is 1.67. The van der Waals surface area contributed by atoms with Crippen LogP contribution in [0.3, 0.4) is 0 Å². The molecular formula is C22H32N4O2S. The molecule has 6 nitrogen and oxygen atoms in total. The Morgan fingerprint density at radius 2 is 1.93 bits per heavy atom. The molecule has 3 heterocycles. The first kappa shape index (κ1) is 20.6. The molecule has 1 aromatic heterocycles. The number of nitrogens with zero attached hydrogens (tertiary/aromatic N) is 4. The highest BCUT2D eigenvalue weighted by molar-refractivity contribution is 7.13. The Labute approximate surface area is 178 Å². The van der Waals surface area contributed by atoms with E-state index in [1.807, 2.05) is 18.2 Å². The van der Waals surface area contributed by atoms with E-state index in [-0.39, 0.29) is 0 Å². The van der Waals surface area contributed by atoms with Gasteiger partial charge in [-0.1, -0.05) is 6.07 Å². The van der Waals surface area contributed by atoms with E-state index >= 15 is 0 Å². The first-order valence-corrected chi connectivity index (χ1v) is 11.4. The van der Waals surface area contributed by atoms with Crippen LogP contribution < -0.4 is 9.47 Å². The molecule has 7 heteroatoms. The molecule has 0 bridgehead atoms. The lowest BCUT2D eigenvalue weighted by Crippen LogP contribution is -2.54. The topological polar surface area (TPSA) is 41.1 Å². The molecule has 0 radical (unpaired) electrons. The predicted octanol–water partition coefficient (Wildman–Crippen LogP) is 3.04. The molecule has 1 atom stereocenters. The highest BCUT2D eigenvalue weighted by Crippen LogP contribution is 2.39. The molecule has 4 rings (SSSR count). The van der Waals surface area contributed by atoms with Gasteiger partial charge < -0.3 is 14.4 Å². The molecule has 2 fully saturated rings. The second kappa shape index (κ2) is 9.43. The molecule has 1 unspecified atom stereocenters. The fourth-order valence-electron chi connectivity index (χ4n) is 4.51. The van der Waals surface area contributed by atoms with Crippen LogP contribution in [0.1, 0.15) is 18.5 Å². The minimum Gasteiger partial charge on any atom is -0.493 e. The molecule has 158 valence electrons. The summed E-state index contributed by atoms with van der Waals surface area (Å²) in [6, 6.07) is 6.69.